The Hall–Kier alpha value is -3.35. The minimum absolute atomic E-state index is 0.00845. The number of fused-ring (bicyclic) bond motifs is 1. The summed E-state index contributed by atoms with van der Waals surface area (Å²) in [4.78, 5) is 31.8. The van der Waals surface area contributed by atoms with E-state index in [-0.39, 0.29) is 17.9 Å². The van der Waals surface area contributed by atoms with Gasteiger partial charge in [-0.1, -0.05) is 29.3 Å². The van der Waals surface area contributed by atoms with Crippen LogP contribution < -0.4 is 4.74 Å². The van der Waals surface area contributed by atoms with Gasteiger partial charge in [-0.2, -0.15) is 0 Å². The lowest BCUT2D eigenvalue weighted by Gasteiger charge is -2.26. The quantitative estimate of drug-likeness (QED) is 0.301. The fraction of sp³-hybridized carbons (Fsp3) is 0.192. The maximum atomic E-state index is 13.2. The molecule has 1 amide bonds. The molecule has 2 aliphatic heterocycles. The zero-order valence-electron chi connectivity index (χ0n) is 18.0. The number of aryl methyl sites for hydroxylation is 1. The minimum Gasteiger partial charge on any atom is -0.507 e. The Bertz CT molecular complexity index is 1320. The molecule has 1 atom stereocenters. The Morgan fingerprint density at radius 2 is 1.85 bits per heavy atom. The molecule has 0 aliphatic carbocycles. The number of benzene rings is 2. The van der Waals surface area contributed by atoms with E-state index >= 15 is 0 Å². The molecule has 6 nitrogen and oxygen atoms in total. The number of rotatable bonds is 4. The molecule has 3 aromatic rings. The van der Waals surface area contributed by atoms with Gasteiger partial charge in [0, 0.05) is 24.5 Å². The van der Waals surface area contributed by atoms with Crippen molar-refractivity contribution in [3.8, 4) is 5.75 Å². The van der Waals surface area contributed by atoms with Gasteiger partial charge in [0.15, 0.2) is 0 Å². The molecule has 1 saturated heterocycles. The molecular formula is C26H20Cl2N2O4. The van der Waals surface area contributed by atoms with Gasteiger partial charge < -0.3 is 14.7 Å². The average Bonchev–Trinajstić information content (AvgIpc) is 3.10. The van der Waals surface area contributed by atoms with Crippen molar-refractivity contribution in [1.82, 2.24) is 9.88 Å². The highest BCUT2D eigenvalue weighted by molar-refractivity contribution is 6.46. The van der Waals surface area contributed by atoms with Gasteiger partial charge in [-0.15, -0.1) is 0 Å². The third kappa shape index (κ3) is 4.04. The average molecular weight is 495 g/mol. The molecule has 1 unspecified atom stereocenters. The van der Waals surface area contributed by atoms with Gasteiger partial charge in [-0.3, -0.25) is 14.6 Å². The number of likely N-dealkylation sites (tertiary alicyclic amines) is 1. The number of aliphatic hydroxyl groups is 1. The smallest absolute Gasteiger partial charge is 0.295 e. The van der Waals surface area contributed by atoms with Crippen LogP contribution in [0.3, 0.4) is 0 Å². The normalized spacial score (nSPS) is 19.1. The van der Waals surface area contributed by atoms with Crippen LogP contribution in [0, 0.1) is 0 Å². The van der Waals surface area contributed by atoms with E-state index in [1.807, 2.05) is 6.07 Å². The molecule has 0 radical (unpaired) electrons. The molecule has 1 aromatic heterocycles. The van der Waals surface area contributed by atoms with Crippen LogP contribution in [-0.2, 0) is 22.6 Å². The van der Waals surface area contributed by atoms with Gasteiger partial charge in [0.25, 0.3) is 11.7 Å². The minimum atomic E-state index is -0.838. The molecule has 2 aromatic carbocycles. The van der Waals surface area contributed by atoms with E-state index in [0.717, 1.165) is 29.7 Å². The Balaban J connectivity index is 1.65. The van der Waals surface area contributed by atoms with E-state index in [1.165, 1.54) is 4.90 Å². The molecule has 1 fully saturated rings. The number of hydrogen-bond donors (Lipinski definition) is 1. The van der Waals surface area contributed by atoms with Crippen molar-refractivity contribution >= 4 is 40.7 Å². The van der Waals surface area contributed by atoms with Gasteiger partial charge in [0.2, 0.25) is 0 Å². The first-order valence-corrected chi connectivity index (χ1v) is 11.6. The van der Waals surface area contributed by atoms with Gasteiger partial charge >= 0.3 is 0 Å². The molecule has 34 heavy (non-hydrogen) atoms. The second-order valence-corrected chi connectivity index (χ2v) is 9.04. The highest BCUT2D eigenvalue weighted by Crippen LogP contribution is 2.42. The van der Waals surface area contributed by atoms with Crippen molar-refractivity contribution in [3.05, 3.63) is 98.8 Å². The van der Waals surface area contributed by atoms with Crippen LogP contribution in [-0.4, -0.2) is 33.3 Å². The number of aromatic nitrogens is 1. The third-order valence-corrected chi connectivity index (χ3v) is 6.82. The Morgan fingerprint density at radius 1 is 1.06 bits per heavy atom. The first-order chi connectivity index (χ1) is 16.4. The zero-order valence-corrected chi connectivity index (χ0v) is 19.5. The second kappa shape index (κ2) is 9.12. The number of ketones is 1. The molecule has 0 bridgehead atoms. The van der Waals surface area contributed by atoms with Crippen LogP contribution in [0.25, 0.3) is 5.76 Å². The Labute approximate surface area is 206 Å². The SMILES string of the molecule is O=C1C(=O)N(Cc2ccncc2)C(c2ccc(Cl)c(Cl)c2)/C1=C(/O)c1ccc2c(c1)CCCO2. The van der Waals surface area contributed by atoms with Gasteiger partial charge in [0.1, 0.15) is 11.5 Å². The summed E-state index contributed by atoms with van der Waals surface area (Å²) in [7, 11) is 0. The Kier molecular flexibility index (Phi) is 6.02. The lowest BCUT2D eigenvalue weighted by molar-refractivity contribution is -0.140. The summed E-state index contributed by atoms with van der Waals surface area (Å²) < 4.78 is 5.66. The summed E-state index contributed by atoms with van der Waals surface area (Å²) in [5.41, 5.74) is 2.79. The van der Waals surface area contributed by atoms with Crippen molar-refractivity contribution in [1.29, 1.82) is 0 Å². The summed E-state index contributed by atoms with van der Waals surface area (Å²) in [5.74, 6) is -0.922. The summed E-state index contributed by atoms with van der Waals surface area (Å²) in [5, 5.41) is 12.0. The molecule has 1 N–H and O–H groups in total. The highest BCUT2D eigenvalue weighted by Gasteiger charge is 2.46. The van der Waals surface area contributed by atoms with Gasteiger partial charge in [0.05, 0.1) is 28.3 Å². The summed E-state index contributed by atoms with van der Waals surface area (Å²) in [6.07, 6.45) is 4.92. The number of hydrogen-bond acceptors (Lipinski definition) is 5. The van der Waals surface area contributed by atoms with Gasteiger partial charge in [-0.05, 0) is 72.0 Å². The van der Waals surface area contributed by atoms with Crippen LogP contribution in [0.5, 0.6) is 5.75 Å². The van der Waals surface area contributed by atoms with Crippen molar-refractivity contribution in [2.24, 2.45) is 0 Å². The number of Topliss-reactive ketones (excluding diaryl/α,β-unsaturated/α-hetero) is 1. The van der Waals surface area contributed by atoms with Crippen molar-refractivity contribution in [2.45, 2.75) is 25.4 Å². The maximum absolute atomic E-state index is 13.2. The van der Waals surface area contributed by atoms with Crippen molar-refractivity contribution in [2.75, 3.05) is 6.61 Å². The molecule has 0 spiro atoms. The molecular weight excluding hydrogens is 475 g/mol. The maximum Gasteiger partial charge on any atom is 0.295 e. The Morgan fingerprint density at radius 3 is 2.62 bits per heavy atom. The number of amides is 1. The van der Waals surface area contributed by atoms with Gasteiger partial charge in [-0.25, -0.2) is 0 Å². The fourth-order valence-electron chi connectivity index (χ4n) is 4.42. The van der Waals surface area contributed by atoms with E-state index in [9.17, 15) is 14.7 Å². The molecule has 3 heterocycles. The largest absolute Gasteiger partial charge is 0.507 e. The zero-order chi connectivity index (χ0) is 23.8. The highest BCUT2D eigenvalue weighted by atomic mass is 35.5. The monoisotopic (exact) mass is 494 g/mol. The summed E-state index contributed by atoms with van der Waals surface area (Å²) in [6, 6.07) is 12.9. The standard InChI is InChI=1S/C26H20Cl2N2O4/c27-19-5-3-17(13-20(19)28)23-22(24(31)18-4-6-21-16(12-18)2-1-11-34-21)25(32)26(33)30(23)14-15-7-9-29-10-8-15/h3-10,12-13,23,31H,1-2,11,14H2/b24-22-. The van der Waals surface area contributed by atoms with E-state index in [2.05, 4.69) is 4.98 Å². The predicted molar refractivity (Wildman–Crippen MR) is 129 cm³/mol. The van der Waals surface area contributed by atoms with Crippen LogP contribution in [0.15, 0.2) is 66.5 Å². The lowest BCUT2D eigenvalue weighted by atomic mass is 9.94. The van der Waals surface area contributed by atoms with Crippen LogP contribution in [0.1, 0.15) is 34.7 Å². The summed E-state index contributed by atoms with van der Waals surface area (Å²) in [6.45, 7) is 0.808. The van der Waals surface area contributed by atoms with Crippen LogP contribution in [0.4, 0.5) is 0 Å². The molecule has 2 aliphatic rings. The first kappa shape index (κ1) is 22.4. The van der Waals surface area contributed by atoms with Crippen LogP contribution in [0.2, 0.25) is 10.0 Å². The van der Waals surface area contributed by atoms with E-state index in [0.29, 0.717) is 27.8 Å². The number of aliphatic hydroxyl groups excluding tert-OH is 1. The predicted octanol–water partition coefficient (Wildman–Crippen LogP) is 5.34. The van der Waals surface area contributed by atoms with E-state index < -0.39 is 17.7 Å². The van der Waals surface area contributed by atoms with Crippen molar-refractivity contribution in [3.63, 3.8) is 0 Å². The number of carbonyl (C=O) groups is 2. The number of ether oxygens (including phenoxy) is 1. The fourth-order valence-corrected chi connectivity index (χ4v) is 4.73. The number of carbonyl (C=O) groups excluding carboxylic acids is 2. The molecule has 172 valence electrons. The number of halogens is 2. The topological polar surface area (TPSA) is 79.7 Å². The van der Waals surface area contributed by atoms with Crippen LogP contribution >= 0.6 is 23.2 Å². The van der Waals surface area contributed by atoms with E-state index in [1.54, 1.807) is 54.9 Å². The van der Waals surface area contributed by atoms with E-state index in [4.69, 9.17) is 27.9 Å². The van der Waals surface area contributed by atoms with Crippen molar-refractivity contribution < 1.29 is 19.4 Å². The first-order valence-electron chi connectivity index (χ1n) is 10.8. The third-order valence-electron chi connectivity index (χ3n) is 6.08. The second-order valence-electron chi connectivity index (χ2n) is 8.23. The molecule has 8 heteroatoms. The molecule has 0 saturated carbocycles. The molecule has 5 rings (SSSR count). The lowest BCUT2D eigenvalue weighted by Crippen LogP contribution is -2.29. The number of nitrogens with zero attached hydrogens (tertiary/aromatic N) is 2. The number of pyridine rings is 1. The summed E-state index contributed by atoms with van der Waals surface area (Å²) >= 11 is 12.4.